The van der Waals surface area contributed by atoms with Crippen LogP contribution in [0.5, 0.6) is 5.75 Å². The van der Waals surface area contributed by atoms with E-state index in [4.69, 9.17) is 9.73 Å². The first-order valence-corrected chi connectivity index (χ1v) is 14.7. The van der Waals surface area contributed by atoms with Gasteiger partial charge in [-0.2, -0.15) is 5.26 Å². The summed E-state index contributed by atoms with van der Waals surface area (Å²) in [5, 5.41) is 16.7. The van der Waals surface area contributed by atoms with Crippen molar-refractivity contribution in [3.05, 3.63) is 87.8 Å². The molecule has 41 heavy (non-hydrogen) atoms. The molecule has 0 unspecified atom stereocenters. The maximum atomic E-state index is 14.0. The molecule has 0 atom stereocenters. The van der Waals surface area contributed by atoms with Crippen molar-refractivity contribution in [2.75, 3.05) is 30.4 Å². The monoisotopic (exact) mass is 584 g/mol. The van der Waals surface area contributed by atoms with Gasteiger partial charge in [-0.15, -0.1) is 0 Å². The Bertz CT molecular complexity index is 1600. The summed E-state index contributed by atoms with van der Waals surface area (Å²) in [6.45, 7) is 5.32. The number of nitriles is 1. The second kappa shape index (κ2) is 12.4. The van der Waals surface area contributed by atoms with Crippen LogP contribution >= 0.6 is 23.5 Å². The Morgan fingerprint density at radius 1 is 1.05 bits per heavy atom. The van der Waals surface area contributed by atoms with E-state index in [1.807, 2.05) is 68.3 Å². The van der Waals surface area contributed by atoms with Crippen molar-refractivity contribution in [3.63, 3.8) is 0 Å². The third kappa shape index (κ3) is 6.04. The number of nitrogens with one attached hydrogen (secondary N) is 2. The van der Waals surface area contributed by atoms with E-state index in [9.17, 15) is 14.9 Å². The molecule has 9 nitrogen and oxygen atoms in total. The fraction of sp³-hybridized carbons (Fsp3) is 0.200. The molecule has 2 heterocycles. The number of hydrogen-bond donors (Lipinski definition) is 2. The molecule has 0 radical (unpaired) electrons. The molecule has 1 fully saturated rings. The minimum atomic E-state index is -0.518. The number of nitrogens with zero attached hydrogens (tertiary/aromatic N) is 4. The number of thioether (sulfide) groups is 2. The van der Waals surface area contributed by atoms with Gasteiger partial charge >= 0.3 is 6.09 Å². The first-order chi connectivity index (χ1) is 19.9. The van der Waals surface area contributed by atoms with Crippen LogP contribution in [0.3, 0.4) is 0 Å². The lowest BCUT2D eigenvalue weighted by atomic mass is 10.2. The molecule has 3 aromatic rings. The number of hydrogen-bond acceptors (Lipinski definition) is 9. The van der Waals surface area contributed by atoms with E-state index >= 15 is 0 Å². The summed E-state index contributed by atoms with van der Waals surface area (Å²) in [6, 6.07) is 22.7. The Morgan fingerprint density at radius 3 is 2.59 bits per heavy atom. The van der Waals surface area contributed by atoms with Crippen molar-refractivity contribution in [2.24, 2.45) is 4.99 Å². The van der Waals surface area contributed by atoms with E-state index < -0.39 is 6.09 Å². The van der Waals surface area contributed by atoms with Gasteiger partial charge < -0.3 is 20.3 Å². The molecule has 0 bridgehead atoms. The van der Waals surface area contributed by atoms with Crippen LogP contribution in [-0.4, -0.2) is 42.2 Å². The van der Waals surface area contributed by atoms with Crippen LogP contribution in [-0.2, 0) is 11.3 Å². The molecule has 11 heteroatoms. The van der Waals surface area contributed by atoms with Gasteiger partial charge in [-0.1, -0.05) is 42.1 Å². The Labute approximate surface area is 247 Å². The minimum Gasteiger partial charge on any atom is -0.410 e. The van der Waals surface area contributed by atoms with E-state index in [1.165, 1.54) is 23.5 Å². The number of fused-ring (bicyclic) bond motifs is 1. The standard InChI is InChI=1S/C30H28N6O3S2/c1-4-32-22-13-11-20(17-31)15-23(22)34-29-36(18-19-9-7-6-8-10-19)27(37)26(41-29)28-35(3)24-16-21(12-14-25(24)40-28)39-30(38)33-5-2/h6-16,32H,4-5,18H2,1-3H3,(H,33,38). The van der Waals surface area contributed by atoms with Gasteiger partial charge in [0, 0.05) is 31.1 Å². The molecule has 2 N–H and O–H groups in total. The van der Waals surface area contributed by atoms with Gasteiger partial charge in [0.2, 0.25) is 0 Å². The van der Waals surface area contributed by atoms with E-state index in [1.54, 1.807) is 29.2 Å². The second-order valence-corrected chi connectivity index (χ2v) is 11.1. The average molecular weight is 585 g/mol. The molecule has 0 aromatic heterocycles. The third-order valence-electron chi connectivity index (χ3n) is 6.29. The quantitative estimate of drug-likeness (QED) is 0.313. The summed E-state index contributed by atoms with van der Waals surface area (Å²) < 4.78 is 5.40. The second-order valence-electron chi connectivity index (χ2n) is 9.09. The lowest BCUT2D eigenvalue weighted by Crippen LogP contribution is -2.29. The van der Waals surface area contributed by atoms with Gasteiger partial charge in [0.05, 0.1) is 40.3 Å². The largest absolute Gasteiger partial charge is 0.412 e. The molecule has 0 aliphatic carbocycles. The number of amides is 2. The number of carbonyl (C=O) groups is 2. The molecule has 0 saturated carbocycles. The van der Waals surface area contributed by atoms with Crippen LogP contribution in [0.25, 0.3) is 0 Å². The zero-order valence-corrected chi connectivity index (χ0v) is 24.4. The number of amidine groups is 1. The first-order valence-electron chi connectivity index (χ1n) is 13.1. The SMILES string of the molecule is CCNC(=O)Oc1ccc2c(c1)N(C)C(=C1SC(=Nc3cc(C#N)ccc3NCC)N(Cc3ccccc3)C1=O)S2. The van der Waals surface area contributed by atoms with E-state index in [0.717, 1.165) is 26.9 Å². The molecule has 2 amide bonds. The van der Waals surface area contributed by atoms with E-state index in [0.29, 0.717) is 46.7 Å². The Balaban J connectivity index is 1.53. The van der Waals surface area contributed by atoms with E-state index in [2.05, 4.69) is 16.7 Å². The zero-order chi connectivity index (χ0) is 28.9. The van der Waals surface area contributed by atoms with Crippen LogP contribution in [0.1, 0.15) is 25.0 Å². The normalized spacial score (nSPS) is 17.0. The molecule has 0 spiro atoms. The predicted octanol–water partition coefficient (Wildman–Crippen LogP) is 6.27. The summed E-state index contributed by atoms with van der Waals surface area (Å²) in [5.41, 5.74) is 3.67. The fourth-order valence-corrected chi connectivity index (χ4v) is 6.65. The Kier molecular flexibility index (Phi) is 8.52. The molecular formula is C30H28N6O3S2. The third-order valence-corrected chi connectivity index (χ3v) is 8.72. The smallest absolute Gasteiger partial charge is 0.410 e. The maximum Gasteiger partial charge on any atom is 0.412 e. The molecule has 3 aromatic carbocycles. The minimum absolute atomic E-state index is 0.153. The summed E-state index contributed by atoms with van der Waals surface area (Å²) in [5.74, 6) is 0.264. The summed E-state index contributed by atoms with van der Waals surface area (Å²) in [6.07, 6.45) is -0.518. The van der Waals surface area contributed by atoms with Crippen molar-refractivity contribution in [3.8, 4) is 11.8 Å². The molecule has 208 valence electrons. The van der Waals surface area contributed by atoms with Gasteiger partial charge in [0.25, 0.3) is 5.91 Å². The van der Waals surface area contributed by atoms with Gasteiger partial charge in [-0.25, -0.2) is 9.79 Å². The predicted molar refractivity (Wildman–Crippen MR) is 164 cm³/mol. The van der Waals surface area contributed by atoms with Crippen LogP contribution < -0.4 is 20.3 Å². The molecule has 2 aliphatic rings. The van der Waals surface area contributed by atoms with Gasteiger partial charge in [0.15, 0.2) is 5.17 Å². The number of aliphatic imine (C=N–C) groups is 1. The van der Waals surface area contributed by atoms with E-state index in [-0.39, 0.29) is 5.91 Å². The number of anilines is 2. The van der Waals surface area contributed by atoms with Crippen molar-refractivity contribution in [1.29, 1.82) is 5.26 Å². The number of carbonyl (C=O) groups excluding carboxylic acids is 2. The maximum absolute atomic E-state index is 14.0. The molecule has 2 aliphatic heterocycles. The molecule has 1 saturated heterocycles. The van der Waals surface area contributed by atoms with Crippen molar-refractivity contribution in [1.82, 2.24) is 10.2 Å². The highest BCUT2D eigenvalue weighted by atomic mass is 32.2. The molecular weight excluding hydrogens is 557 g/mol. The summed E-state index contributed by atoms with van der Waals surface area (Å²) in [4.78, 5) is 36.0. The topological polar surface area (TPSA) is 110 Å². The lowest BCUT2D eigenvalue weighted by Gasteiger charge is -2.17. The number of ether oxygens (including phenoxy) is 1. The molecule has 5 rings (SSSR count). The Hall–Kier alpha value is -4.40. The highest BCUT2D eigenvalue weighted by Crippen LogP contribution is 2.51. The lowest BCUT2D eigenvalue weighted by molar-refractivity contribution is -0.122. The number of rotatable bonds is 7. The van der Waals surface area contributed by atoms with Crippen LogP contribution in [0.4, 0.5) is 21.9 Å². The van der Waals surface area contributed by atoms with Gasteiger partial charge in [-0.05, 0) is 61.5 Å². The van der Waals surface area contributed by atoms with Crippen LogP contribution in [0, 0.1) is 11.3 Å². The van der Waals surface area contributed by atoms with Gasteiger partial charge in [-0.3, -0.25) is 9.69 Å². The van der Waals surface area contributed by atoms with Gasteiger partial charge in [0.1, 0.15) is 10.7 Å². The van der Waals surface area contributed by atoms with Crippen molar-refractivity contribution >= 4 is 57.8 Å². The Morgan fingerprint density at radius 2 is 1.85 bits per heavy atom. The van der Waals surface area contributed by atoms with Crippen LogP contribution in [0.15, 0.2) is 86.6 Å². The van der Waals surface area contributed by atoms with Crippen molar-refractivity contribution < 1.29 is 14.3 Å². The summed E-state index contributed by atoms with van der Waals surface area (Å²) >= 11 is 2.80. The van der Waals surface area contributed by atoms with Crippen molar-refractivity contribution in [2.45, 2.75) is 25.3 Å². The zero-order valence-electron chi connectivity index (χ0n) is 22.8. The fourth-order valence-electron chi connectivity index (χ4n) is 4.34. The van der Waals surface area contributed by atoms with Crippen LogP contribution in [0.2, 0.25) is 0 Å². The highest BCUT2D eigenvalue weighted by molar-refractivity contribution is 8.19. The first kappa shape index (κ1) is 28.1. The average Bonchev–Trinajstić information content (AvgIpc) is 3.45. The highest BCUT2D eigenvalue weighted by Gasteiger charge is 2.39. The number of benzene rings is 3. The summed E-state index contributed by atoms with van der Waals surface area (Å²) in [7, 11) is 1.89.